The molecule has 1 unspecified atom stereocenters. The molecule has 32 heavy (non-hydrogen) atoms. The fourth-order valence-electron chi connectivity index (χ4n) is 4.25. The first kappa shape index (κ1) is 23.8. The number of anilines is 2. The van der Waals surface area contributed by atoms with Gasteiger partial charge >= 0.3 is 5.97 Å². The van der Waals surface area contributed by atoms with E-state index in [0.717, 1.165) is 29.8 Å². The molecular weight excluding hydrogens is 428 g/mol. The lowest BCUT2D eigenvalue weighted by molar-refractivity contribution is -0.137. The third-order valence-corrected chi connectivity index (χ3v) is 6.79. The molecule has 0 radical (unpaired) electrons. The van der Waals surface area contributed by atoms with Crippen LogP contribution in [0.15, 0.2) is 65.7 Å². The largest absolute Gasteiger partial charge is 0.481 e. The second-order valence-corrected chi connectivity index (χ2v) is 10.0. The standard InChI is InChI=1S/C24H30N2O5S/c1-24(2)20-17-19(32(29,30)31)12-13-21(20)26(16-8-4-7-11-23(27)28)22(24)14-15-25-18-9-5-3-6-10-18/h3,5-6,9-10,12-15,17,22,25H,4,7-8,11,16H2,1-2H3,(H,27,28)(H,29,30,31)/b15-14+. The highest BCUT2D eigenvalue weighted by Crippen LogP contribution is 2.46. The predicted octanol–water partition coefficient (Wildman–Crippen LogP) is 4.67. The van der Waals surface area contributed by atoms with E-state index in [-0.39, 0.29) is 17.4 Å². The lowest BCUT2D eigenvalue weighted by Gasteiger charge is -2.32. The number of hydrogen-bond acceptors (Lipinski definition) is 5. The molecule has 0 saturated carbocycles. The third-order valence-electron chi connectivity index (χ3n) is 5.94. The molecule has 0 aromatic heterocycles. The van der Waals surface area contributed by atoms with E-state index in [1.54, 1.807) is 12.1 Å². The zero-order chi connectivity index (χ0) is 23.4. The van der Waals surface area contributed by atoms with Crippen LogP contribution >= 0.6 is 0 Å². The fourth-order valence-corrected chi connectivity index (χ4v) is 4.76. The van der Waals surface area contributed by atoms with Crippen LogP contribution in [0.2, 0.25) is 0 Å². The van der Waals surface area contributed by atoms with Crippen LogP contribution in [0.5, 0.6) is 0 Å². The Morgan fingerprint density at radius 2 is 1.84 bits per heavy atom. The monoisotopic (exact) mass is 458 g/mol. The van der Waals surface area contributed by atoms with Crippen LogP contribution in [-0.4, -0.2) is 36.6 Å². The zero-order valence-electron chi connectivity index (χ0n) is 18.4. The van der Waals surface area contributed by atoms with Crippen molar-refractivity contribution in [3.63, 3.8) is 0 Å². The van der Waals surface area contributed by atoms with E-state index in [2.05, 4.69) is 30.1 Å². The fraction of sp³-hybridized carbons (Fsp3) is 0.375. The van der Waals surface area contributed by atoms with E-state index in [0.29, 0.717) is 13.0 Å². The molecule has 3 N–H and O–H groups in total. The van der Waals surface area contributed by atoms with Gasteiger partial charge in [0, 0.05) is 29.8 Å². The van der Waals surface area contributed by atoms with Crippen LogP contribution in [0.3, 0.4) is 0 Å². The molecule has 1 aliphatic rings. The molecule has 2 aromatic carbocycles. The summed E-state index contributed by atoms with van der Waals surface area (Å²) in [6, 6.07) is 14.5. The molecule has 1 heterocycles. The summed E-state index contributed by atoms with van der Waals surface area (Å²) in [7, 11) is -4.30. The highest BCUT2D eigenvalue weighted by atomic mass is 32.2. The number of fused-ring (bicyclic) bond motifs is 1. The Labute approximate surface area is 189 Å². The summed E-state index contributed by atoms with van der Waals surface area (Å²) >= 11 is 0. The Kier molecular flexibility index (Phi) is 7.26. The van der Waals surface area contributed by atoms with Crippen molar-refractivity contribution in [2.45, 2.75) is 55.9 Å². The van der Waals surface area contributed by atoms with Crippen LogP contribution in [0.25, 0.3) is 0 Å². The van der Waals surface area contributed by atoms with Crippen LogP contribution in [0.1, 0.15) is 45.1 Å². The molecule has 172 valence electrons. The SMILES string of the molecule is CC1(C)c2cc(S(=O)(=O)O)ccc2N(CCCCCC(=O)O)C1/C=C/Nc1ccccc1. The number of aliphatic carboxylic acids is 1. The molecule has 0 spiro atoms. The van der Waals surface area contributed by atoms with Gasteiger partial charge in [-0.2, -0.15) is 8.42 Å². The summed E-state index contributed by atoms with van der Waals surface area (Å²) in [6.07, 6.45) is 6.35. The number of hydrogen-bond donors (Lipinski definition) is 3. The summed E-state index contributed by atoms with van der Waals surface area (Å²) in [4.78, 5) is 12.9. The highest BCUT2D eigenvalue weighted by Gasteiger charge is 2.43. The second-order valence-electron chi connectivity index (χ2n) is 8.59. The van der Waals surface area contributed by atoms with Crippen LogP contribution in [0.4, 0.5) is 11.4 Å². The molecule has 2 aromatic rings. The number of rotatable bonds is 10. The van der Waals surface area contributed by atoms with E-state index in [9.17, 15) is 17.8 Å². The van der Waals surface area contributed by atoms with Gasteiger partial charge in [-0.25, -0.2) is 0 Å². The number of para-hydroxylation sites is 1. The van der Waals surface area contributed by atoms with E-state index < -0.39 is 21.5 Å². The predicted molar refractivity (Wildman–Crippen MR) is 126 cm³/mol. The molecule has 0 amide bonds. The molecule has 8 heteroatoms. The molecule has 0 saturated heterocycles. The molecule has 1 aliphatic heterocycles. The second kappa shape index (κ2) is 9.75. The van der Waals surface area contributed by atoms with E-state index >= 15 is 0 Å². The average Bonchev–Trinajstić information content (AvgIpc) is 2.94. The van der Waals surface area contributed by atoms with Crippen molar-refractivity contribution in [2.24, 2.45) is 0 Å². The van der Waals surface area contributed by atoms with Gasteiger partial charge in [-0.3, -0.25) is 9.35 Å². The molecule has 3 rings (SSSR count). The van der Waals surface area contributed by atoms with Gasteiger partial charge in [0.2, 0.25) is 0 Å². The quantitative estimate of drug-likeness (QED) is 0.351. The number of nitrogens with one attached hydrogen (secondary N) is 1. The smallest absolute Gasteiger partial charge is 0.303 e. The number of unbranched alkanes of at least 4 members (excludes halogenated alkanes) is 2. The Bertz CT molecular complexity index is 1080. The Morgan fingerprint density at radius 3 is 2.50 bits per heavy atom. The number of carboxylic acids is 1. The average molecular weight is 459 g/mol. The van der Waals surface area contributed by atoms with E-state index in [1.807, 2.05) is 36.5 Å². The van der Waals surface area contributed by atoms with Gasteiger partial charge in [-0.05, 0) is 61.0 Å². The summed E-state index contributed by atoms with van der Waals surface area (Å²) in [5.41, 5.74) is 2.33. The minimum absolute atomic E-state index is 0.0511. The van der Waals surface area contributed by atoms with Crippen molar-refractivity contribution in [2.75, 3.05) is 16.8 Å². The van der Waals surface area contributed by atoms with Crippen molar-refractivity contribution in [1.29, 1.82) is 0 Å². The van der Waals surface area contributed by atoms with Gasteiger partial charge in [-0.1, -0.05) is 38.5 Å². The number of carbonyl (C=O) groups is 1. The van der Waals surface area contributed by atoms with Crippen LogP contribution < -0.4 is 10.2 Å². The van der Waals surface area contributed by atoms with E-state index in [4.69, 9.17) is 5.11 Å². The number of carboxylic acid groups (broad SMARTS) is 1. The maximum Gasteiger partial charge on any atom is 0.303 e. The van der Waals surface area contributed by atoms with Crippen molar-refractivity contribution in [3.05, 3.63) is 66.4 Å². The minimum atomic E-state index is -4.30. The molecular formula is C24H30N2O5S. The van der Waals surface area contributed by atoms with Gasteiger partial charge < -0.3 is 15.3 Å². The summed E-state index contributed by atoms with van der Waals surface area (Å²) in [6.45, 7) is 4.82. The summed E-state index contributed by atoms with van der Waals surface area (Å²) in [5, 5.41) is 12.1. The summed E-state index contributed by atoms with van der Waals surface area (Å²) < 4.78 is 32.9. The first-order valence-electron chi connectivity index (χ1n) is 10.7. The maximum atomic E-state index is 11.7. The van der Waals surface area contributed by atoms with Gasteiger partial charge in [0.25, 0.3) is 10.1 Å². The third kappa shape index (κ3) is 5.49. The van der Waals surface area contributed by atoms with Crippen molar-refractivity contribution >= 4 is 27.5 Å². The summed E-state index contributed by atoms with van der Waals surface area (Å²) in [5.74, 6) is -0.789. The van der Waals surface area contributed by atoms with Gasteiger partial charge in [-0.15, -0.1) is 0 Å². The lowest BCUT2D eigenvalue weighted by atomic mass is 9.80. The number of nitrogens with zero attached hydrogens (tertiary/aromatic N) is 1. The minimum Gasteiger partial charge on any atom is -0.481 e. The van der Waals surface area contributed by atoms with Crippen molar-refractivity contribution < 1.29 is 22.9 Å². The van der Waals surface area contributed by atoms with Gasteiger partial charge in [0.1, 0.15) is 0 Å². The van der Waals surface area contributed by atoms with Crippen LogP contribution in [-0.2, 0) is 20.3 Å². The molecule has 1 atom stereocenters. The topological polar surface area (TPSA) is 107 Å². The van der Waals surface area contributed by atoms with Gasteiger partial charge in [0.05, 0.1) is 10.9 Å². The normalized spacial score (nSPS) is 17.5. The van der Waals surface area contributed by atoms with E-state index in [1.165, 1.54) is 6.07 Å². The lowest BCUT2D eigenvalue weighted by Crippen LogP contribution is -2.40. The van der Waals surface area contributed by atoms with Crippen molar-refractivity contribution in [1.82, 2.24) is 0 Å². The molecule has 7 nitrogen and oxygen atoms in total. The maximum absolute atomic E-state index is 11.7. The zero-order valence-corrected chi connectivity index (χ0v) is 19.2. The highest BCUT2D eigenvalue weighted by molar-refractivity contribution is 7.85. The molecule has 0 fully saturated rings. The Hall–Kier alpha value is -2.84. The molecule has 0 aliphatic carbocycles. The van der Waals surface area contributed by atoms with Crippen LogP contribution in [0, 0.1) is 0 Å². The molecule has 0 bridgehead atoms. The van der Waals surface area contributed by atoms with Gasteiger partial charge in [0.15, 0.2) is 0 Å². The Morgan fingerprint density at radius 1 is 1.12 bits per heavy atom. The Balaban J connectivity index is 1.86. The van der Waals surface area contributed by atoms with Crippen molar-refractivity contribution in [3.8, 4) is 0 Å². The first-order chi connectivity index (χ1) is 15.1. The number of benzene rings is 2. The first-order valence-corrected chi connectivity index (χ1v) is 12.1.